The van der Waals surface area contributed by atoms with Gasteiger partial charge in [0.15, 0.2) is 17.5 Å². The van der Waals surface area contributed by atoms with Gasteiger partial charge in [-0.15, -0.1) is 0 Å². The standard InChI is InChI=1S/C52H32N6/c53-33-42-48(34-18-4-1-5-19-34)47(57-43-28-14-10-24-37(43)38-25-11-15-29-44(38)57)32-41(49(42)58-45-30-16-12-26-39(45)40-27-13-17-31-46(40)58)52-55-50(35-20-6-2-7-21-35)54-51(56-52)36-22-8-3-9-23-36/h1-32H. The van der Waals surface area contributed by atoms with Gasteiger partial charge in [-0.3, -0.25) is 0 Å². The van der Waals surface area contributed by atoms with E-state index in [1.165, 1.54) is 0 Å². The second-order valence-electron chi connectivity index (χ2n) is 14.3. The summed E-state index contributed by atoms with van der Waals surface area (Å²) in [5.74, 6) is 1.55. The third-order valence-corrected chi connectivity index (χ3v) is 11.0. The van der Waals surface area contributed by atoms with Crippen LogP contribution in [0.5, 0.6) is 0 Å². The number of rotatable bonds is 6. The Morgan fingerprint density at radius 2 is 0.741 bits per heavy atom. The van der Waals surface area contributed by atoms with Crippen molar-refractivity contribution in [2.45, 2.75) is 0 Å². The van der Waals surface area contributed by atoms with E-state index in [0.717, 1.165) is 71.6 Å². The SMILES string of the molecule is N#Cc1c(-c2ccccc2)c(-n2c3ccccc3c3ccccc32)cc(-c2nc(-c3ccccc3)nc(-c3ccccc3)n2)c1-n1c2ccccc2c2ccccc21. The number of aromatic nitrogens is 5. The summed E-state index contributed by atoms with van der Waals surface area (Å²) < 4.78 is 4.53. The van der Waals surface area contributed by atoms with Gasteiger partial charge >= 0.3 is 0 Å². The summed E-state index contributed by atoms with van der Waals surface area (Å²) in [4.78, 5) is 15.7. The van der Waals surface area contributed by atoms with Crippen LogP contribution in [0.15, 0.2) is 194 Å². The van der Waals surface area contributed by atoms with Crippen LogP contribution in [0.1, 0.15) is 5.56 Å². The van der Waals surface area contributed by atoms with Gasteiger partial charge in [-0.05, 0) is 35.9 Å². The lowest BCUT2D eigenvalue weighted by Gasteiger charge is -2.23. The highest BCUT2D eigenvalue weighted by atomic mass is 15.1. The molecule has 0 fully saturated rings. The van der Waals surface area contributed by atoms with E-state index in [0.29, 0.717) is 34.3 Å². The molecule has 8 aromatic carbocycles. The molecule has 0 radical (unpaired) electrons. The van der Waals surface area contributed by atoms with E-state index in [2.05, 4.69) is 130 Å². The van der Waals surface area contributed by atoms with Crippen molar-refractivity contribution >= 4 is 43.6 Å². The lowest BCUT2D eigenvalue weighted by Crippen LogP contribution is -2.09. The number of nitrogens with zero attached hydrogens (tertiary/aromatic N) is 6. The quantitative estimate of drug-likeness (QED) is 0.170. The minimum absolute atomic E-state index is 0.461. The highest BCUT2D eigenvalue weighted by Gasteiger charge is 2.28. The molecule has 0 aliphatic carbocycles. The Morgan fingerprint density at radius 1 is 0.379 bits per heavy atom. The van der Waals surface area contributed by atoms with Gasteiger partial charge in [0.2, 0.25) is 0 Å². The monoisotopic (exact) mass is 740 g/mol. The van der Waals surface area contributed by atoms with Gasteiger partial charge in [0.05, 0.1) is 39.0 Å². The maximum Gasteiger partial charge on any atom is 0.166 e. The Morgan fingerprint density at radius 3 is 1.17 bits per heavy atom. The smallest absolute Gasteiger partial charge is 0.166 e. The molecule has 58 heavy (non-hydrogen) atoms. The molecular weight excluding hydrogens is 709 g/mol. The van der Waals surface area contributed by atoms with Crippen molar-refractivity contribution in [3.63, 3.8) is 0 Å². The van der Waals surface area contributed by atoms with Crippen LogP contribution in [-0.2, 0) is 0 Å². The molecule has 11 rings (SSSR count). The van der Waals surface area contributed by atoms with Crippen molar-refractivity contribution in [2.24, 2.45) is 0 Å². The summed E-state index contributed by atoms with van der Waals surface area (Å²) >= 11 is 0. The highest BCUT2D eigenvalue weighted by Crippen LogP contribution is 2.45. The molecule has 0 aliphatic rings. The van der Waals surface area contributed by atoms with Gasteiger partial charge in [0.25, 0.3) is 0 Å². The van der Waals surface area contributed by atoms with Gasteiger partial charge in [-0.25, -0.2) is 15.0 Å². The average molecular weight is 741 g/mol. The highest BCUT2D eigenvalue weighted by molar-refractivity contribution is 6.12. The average Bonchev–Trinajstić information content (AvgIpc) is 3.82. The zero-order valence-electron chi connectivity index (χ0n) is 31.2. The molecule has 0 bridgehead atoms. The minimum atomic E-state index is 0.461. The second-order valence-corrected chi connectivity index (χ2v) is 14.3. The topological polar surface area (TPSA) is 72.3 Å². The Hall–Kier alpha value is -8.14. The predicted molar refractivity (Wildman–Crippen MR) is 235 cm³/mol. The molecule has 0 spiro atoms. The predicted octanol–water partition coefficient (Wildman–Crippen LogP) is 12.6. The lowest BCUT2D eigenvalue weighted by atomic mass is 9.92. The van der Waals surface area contributed by atoms with Crippen molar-refractivity contribution in [3.05, 3.63) is 200 Å². The Balaban J connectivity index is 1.37. The van der Waals surface area contributed by atoms with E-state index in [1.807, 2.05) is 78.9 Å². The van der Waals surface area contributed by atoms with Crippen molar-refractivity contribution < 1.29 is 0 Å². The van der Waals surface area contributed by atoms with Crippen molar-refractivity contribution in [1.29, 1.82) is 5.26 Å². The zero-order valence-corrected chi connectivity index (χ0v) is 31.2. The number of para-hydroxylation sites is 4. The number of fused-ring (bicyclic) bond motifs is 6. The van der Waals surface area contributed by atoms with E-state index >= 15 is 0 Å². The largest absolute Gasteiger partial charge is 0.309 e. The van der Waals surface area contributed by atoms with Gasteiger partial charge in [0.1, 0.15) is 6.07 Å². The van der Waals surface area contributed by atoms with Gasteiger partial charge in [-0.2, -0.15) is 5.26 Å². The molecular formula is C52H32N6. The van der Waals surface area contributed by atoms with Crippen LogP contribution in [0.4, 0.5) is 0 Å². The summed E-state index contributed by atoms with van der Waals surface area (Å²) in [7, 11) is 0. The van der Waals surface area contributed by atoms with Crippen molar-refractivity contribution in [3.8, 4) is 62.7 Å². The van der Waals surface area contributed by atoms with Crippen LogP contribution >= 0.6 is 0 Å². The minimum Gasteiger partial charge on any atom is -0.309 e. The summed E-state index contributed by atoms with van der Waals surface area (Å²) in [6.45, 7) is 0. The van der Waals surface area contributed by atoms with Gasteiger partial charge < -0.3 is 9.13 Å². The first-order valence-electron chi connectivity index (χ1n) is 19.3. The molecule has 3 aromatic heterocycles. The molecule has 3 heterocycles. The van der Waals surface area contributed by atoms with Crippen LogP contribution < -0.4 is 0 Å². The van der Waals surface area contributed by atoms with E-state index in [-0.39, 0.29) is 0 Å². The fourth-order valence-electron chi connectivity index (χ4n) is 8.52. The van der Waals surface area contributed by atoms with Crippen LogP contribution in [0.2, 0.25) is 0 Å². The van der Waals surface area contributed by atoms with Crippen molar-refractivity contribution in [2.75, 3.05) is 0 Å². The maximum atomic E-state index is 11.8. The normalized spacial score (nSPS) is 11.4. The summed E-state index contributed by atoms with van der Waals surface area (Å²) in [6.07, 6.45) is 0. The first kappa shape index (κ1) is 33.2. The van der Waals surface area contributed by atoms with Crippen LogP contribution in [0, 0.1) is 11.3 Å². The Labute approximate surface area is 334 Å². The molecule has 6 nitrogen and oxygen atoms in total. The van der Waals surface area contributed by atoms with Crippen LogP contribution in [0.3, 0.4) is 0 Å². The summed E-state index contributed by atoms with van der Waals surface area (Å²) in [6, 6.07) is 69.0. The molecule has 0 aliphatic heterocycles. The lowest BCUT2D eigenvalue weighted by molar-refractivity contribution is 1.06. The number of hydrogen-bond acceptors (Lipinski definition) is 4. The summed E-state index contributed by atoms with van der Waals surface area (Å²) in [5.41, 5.74) is 10.3. The maximum absolute atomic E-state index is 11.8. The molecule has 270 valence electrons. The van der Waals surface area contributed by atoms with Crippen LogP contribution in [0.25, 0.3) is 100 Å². The Bertz CT molecular complexity index is 3230. The first-order valence-corrected chi connectivity index (χ1v) is 19.3. The van der Waals surface area contributed by atoms with Gasteiger partial charge in [0, 0.05) is 43.8 Å². The molecule has 0 atom stereocenters. The molecule has 6 heteroatoms. The third kappa shape index (κ3) is 5.22. The third-order valence-electron chi connectivity index (χ3n) is 11.0. The Kier molecular flexibility index (Phi) is 7.76. The molecule has 0 unspecified atom stereocenters. The van der Waals surface area contributed by atoms with E-state index in [4.69, 9.17) is 15.0 Å². The molecule has 11 aromatic rings. The van der Waals surface area contributed by atoms with Crippen LogP contribution in [-0.4, -0.2) is 24.1 Å². The molecule has 0 N–H and O–H groups in total. The summed E-state index contributed by atoms with van der Waals surface area (Å²) in [5, 5.41) is 16.2. The van der Waals surface area contributed by atoms with Gasteiger partial charge in [-0.1, -0.05) is 164 Å². The first-order chi connectivity index (χ1) is 28.8. The fourth-order valence-corrected chi connectivity index (χ4v) is 8.52. The molecule has 0 amide bonds. The fraction of sp³-hybridized carbons (Fsp3) is 0. The zero-order chi connectivity index (χ0) is 38.6. The number of hydrogen-bond donors (Lipinski definition) is 0. The van der Waals surface area contributed by atoms with E-state index in [9.17, 15) is 5.26 Å². The molecule has 0 saturated carbocycles. The van der Waals surface area contributed by atoms with E-state index in [1.54, 1.807) is 0 Å². The van der Waals surface area contributed by atoms with Crippen molar-refractivity contribution in [1.82, 2.24) is 24.1 Å². The number of nitriles is 1. The molecule has 0 saturated heterocycles. The second kappa shape index (κ2) is 13.6. The number of benzene rings is 8. The van der Waals surface area contributed by atoms with E-state index < -0.39 is 0 Å².